The first-order valence-corrected chi connectivity index (χ1v) is 5.99. The maximum Gasteiger partial charge on any atom is 0.228 e. The second kappa shape index (κ2) is 5.44. The Labute approximate surface area is 111 Å². The molecule has 2 rings (SSSR count). The summed E-state index contributed by atoms with van der Waals surface area (Å²) in [5, 5.41) is 12.0. The van der Waals surface area contributed by atoms with Crippen LogP contribution in [0, 0.1) is 6.92 Å². The SMILES string of the molecule is Cc1ccccc1CC(=O)Nc1ccc(O)cc1N. The van der Waals surface area contributed by atoms with Crippen LogP contribution in [0.4, 0.5) is 11.4 Å². The van der Waals surface area contributed by atoms with E-state index in [0.717, 1.165) is 11.1 Å². The first-order chi connectivity index (χ1) is 9.06. The molecular weight excluding hydrogens is 240 g/mol. The van der Waals surface area contributed by atoms with Crippen molar-refractivity contribution in [3.63, 3.8) is 0 Å². The minimum absolute atomic E-state index is 0.0782. The van der Waals surface area contributed by atoms with Gasteiger partial charge in [-0.1, -0.05) is 24.3 Å². The number of nitrogens with two attached hydrogens (primary N) is 1. The highest BCUT2D eigenvalue weighted by molar-refractivity contribution is 5.95. The number of benzene rings is 2. The van der Waals surface area contributed by atoms with Crippen LogP contribution >= 0.6 is 0 Å². The van der Waals surface area contributed by atoms with E-state index in [1.807, 2.05) is 31.2 Å². The Morgan fingerprint density at radius 1 is 1.26 bits per heavy atom. The highest BCUT2D eigenvalue weighted by Crippen LogP contribution is 2.23. The lowest BCUT2D eigenvalue weighted by Gasteiger charge is -2.09. The van der Waals surface area contributed by atoms with Crippen LogP contribution in [0.15, 0.2) is 42.5 Å². The zero-order valence-corrected chi connectivity index (χ0v) is 10.7. The van der Waals surface area contributed by atoms with Crippen LogP contribution in [-0.4, -0.2) is 11.0 Å². The quantitative estimate of drug-likeness (QED) is 0.583. The molecule has 0 heterocycles. The lowest BCUT2D eigenvalue weighted by molar-refractivity contribution is -0.115. The fraction of sp³-hybridized carbons (Fsp3) is 0.133. The fourth-order valence-electron chi connectivity index (χ4n) is 1.84. The number of rotatable bonds is 3. The van der Waals surface area contributed by atoms with E-state index in [1.54, 1.807) is 6.07 Å². The van der Waals surface area contributed by atoms with Crippen LogP contribution in [-0.2, 0) is 11.2 Å². The monoisotopic (exact) mass is 256 g/mol. The van der Waals surface area contributed by atoms with Gasteiger partial charge in [-0.05, 0) is 30.2 Å². The van der Waals surface area contributed by atoms with Crippen molar-refractivity contribution in [1.82, 2.24) is 0 Å². The molecule has 1 amide bonds. The summed E-state index contributed by atoms with van der Waals surface area (Å²) in [5.41, 5.74) is 8.64. The van der Waals surface area contributed by atoms with Crippen molar-refractivity contribution < 1.29 is 9.90 Å². The number of carbonyl (C=O) groups excluding carboxylic acids is 1. The van der Waals surface area contributed by atoms with Gasteiger partial charge < -0.3 is 16.2 Å². The van der Waals surface area contributed by atoms with Crippen molar-refractivity contribution in [2.45, 2.75) is 13.3 Å². The molecule has 0 aliphatic heterocycles. The van der Waals surface area contributed by atoms with Crippen molar-refractivity contribution in [2.75, 3.05) is 11.1 Å². The molecule has 2 aromatic carbocycles. The number of phenols is 1. The molecule has 0 bridgehead atoms. The van der Waals surface area contributed by atoms with Crippen LogP contribution in [0.3, 0.4) is 0 Å². The first-order valence-electron chi connectivity index (χ1n) is 5.99. The van der Waals surface area contributed by atoms with Crippen molar-refractivity contribution in [3.05, 3.63) is 53.6 Å². The number of amides is 1. The molecule has 4 heteroatoms. The molecule has 4 nitrogen and oxygen atoms in total. The largest absolute Gasteiger partial charge is 0.508 e. The highest BCUT2D eigenvalue weighted by Gasteiger charge is 2.08. The number of hydrogen-bond acceptors (Lipinski definition) is 3. The number of nitrogen functional groups attached to an aromatic ring is 1. The number of phenolic OH excluding ortho intramolecular Hbond substituents is 1. The molecule has 0 aliphatic rings. The molecular formula is C15H16N2O2. The van der Waals surface area contributed by atoms with E-state index >= 15 is 0 Å². The Balaban J connectivity index is 2.08. The Morgan fingerprint density at radius 2 is 2.00 bits per heavy atom. The summed E-state index contributed by atoms with van der Waals surface area (Å²) >= 11 is 0. The van der Waals surface area contributed by atoms with Crippen molar-refractivity contribution in [3.8, 4) is 5.75 Å². The van der Waals surface area contributed by atoms with Gasteiger partial charge in [-0.2, -0.15) is 0 Å². The predicted molar refractivity (Wildman–Crippen MR) is 76.0 cm³/mol. The van der Waals surface area contributed by atoms with E-state index in [2.05, 4.69) is 5.32 Å². The average Bonchev–Trinajstić information content (AvgIpc) is 2.36. The van der Waals surface area contributed by atoms with E-state index in [-0.39, 0.29) is 11.7 Å². The fourth-order valence-corrected chi connectivity index (χ4v) is 1.84. The number of nitrogens with one attached hydrogen (secondary N) is 1. The zero-order valence-electron chi connectivity index (χ0n) is 10.7. The van der Waals surface area contributed by atoms with Gasteiger partial charge in [0.15, 0.2) is 0 Å². The summed E-state index contributed by atoms with van der Waals surface area (Å²) in [6.45, 7) is 1.97. The topological polar surface area (TPSA) is 75.3 Å². The van der Waals surface area contributed by atoms with Gasteiger partial charge in [0.05, 0.1) is 17.8 Å². The molecule has 0 aliphatic carbocycles. The molecule has 0 saturated heterocycles. The van der Waals surface area contributed by atoms with Crippen molar-refractivity contribution in [1.29, 1.82) is 0 Å². The van der Waals surface area contributed by atoms with Gasteiger partial charge in [0.25, 0.3) is 0 Å². The predicted octanol–water partition coefficient (Wildman–Crippen LogP) is 2.46. The number of aromatic hydroxyl groups is 1. The first kappa shape index (κ1) is 13.0. The van der Waals surface area contributed by atoms with Crippen LogP contribution < -0.4 is 11.1 Å². The molecule has 2 aromatic rings. The molecule has 0 saturated carbocycles. The van der Waals surface area contributed by atoms with Gasteiger partial charge in [0.2, 0.25) is 5.91 Å². The Kier molecular flexibility index (Phi) is 3.71. The molecule has 0 aromatic heterocycles. The van der Waals surface area contributed by atoms with E-state index in [9.17, 15) is 9.90 Å². The van der Waals surface area contributed by atoms with Gasteiger partial charge in [-0.25, -0.2) is 0 Å². The normalized spacial score (nSPS) is 10.2. The standard InChI is InChI=1S/C15H16N2O2/c1-10-4-2-3-5-11(10)8-15(19)17-14-7-6-12(18)9-13(14)16/h2-7,9,18H,8,16H2,1H3,(H,17,19). The highest BCUT2D eigenvalue weighted by atomic mass is 16.3. The molecule has 19 heavy (non-hydrogen) atoms. The molecule has 4 N–H and O–H groups in total. The van der Waals surface area contributed by atoms with Gasteiger partial charge in [0, 0.05) is 6.07 Å². The van der Waals surface area contributed by atoms with Gasteiger partial charge in [-0.3, -0.25) is 4.79 Å². The van der Waals surface area contributed by atoms with E-state index in [1.165, 1.54) is 12.1 Å². The summed E-state index contributed by atoms with van der Waals surface area (Å²) in [5.74, 6) is -0.0545. The summed E-state index contributed by atoms with van der Waals surface area (Å²) in [7, 11) is 0. The minimum atomic E-state index is -0.133. The maximum atomic E-state index is 11.9. The second-order valence-corrected chi connectivity index (χ2v) is 4.42. The number of carbonyl (C=O) groups is 1. The average molecular weight is 256 g/mol. The third-order valence-corrected chi connectivity index (χ3v) is 2.92. The summed E-state index contributed by atoms with van der Waals surface area (Å²) in [4.78, 5) is 11.9. The van der Waals surface area contributed by atoms with E-state index < -0.39 is 0 Å². The van der Waals surface area contributed by atoms with Crippen LogP contribution in [0.5, 0.6) is 5.75 Å². The molecule has 0 spiro atoms. The summed E-state index contributed by atoms with van der Waals surface area (Å²) in [6.07, 6.45) is 0.299. The third kappa shape index (κ3) is 3.25. The van der Waals surface area contributed by atoms with E-state index in [4.69, 9.17) is 5.73 Å². The lowest BCUT2D eigenvalue weighted by Crippen LogP contribution is -2.16. The maximum absolute atomic E-state index is 11.9. The smallest absolute Gasteiger partial charge is 0.228 e. The third-order valence-electron chi connectivity index (χ3n) is 2.92. The Hall–Kier alpha value is -2.49. The van der Waals surface area contributed by atoms with Crippen LogP contribution in [0.25, 0.3) is 0 Å². The van der Waals surface area contributed by atoms with Gasteiger partial charge >= 0.3 is 0 Å². The Morgan fingerprint density at radius 3 is 2.68 bits per heavy atom. The summed E-state index contributed by atoms with van der Waals surface area (Å²) in [6, 6.07) is 12.2. The van der Waals surface area contributed by atoms with Crippen molar-refractivity contribution >= 4 is 17.3 Å². The lowest BCUT2D eigenvalue weighted by atomic mass is 10.1. The number of anilines is 2. The Bertz CT molecular complexity index is 609. The zero-order chi connectivity index (χ0) is 13.8. The molecule has 98 valence electrons. The summed E-state index contributed by atoms with van der Waals surface area (Å²) < 4.78 is 0. The van der Waals surface area contributed by atoms with Gasteiger partial charge in [-0.15, -0.1) is 0 Å². The van der Waals surface area contributed by atoms with Crippen molar-refractivity contribution in [2.24, 2.45) is 0 Å². The minimum Gasteiger partial charge on any atom is -0.508 e. The van der Waals surface area contributed by atoms with Crippen LogP contribution in [0.1, 0.15) is 11.1 Å². The number of hydrogen-bond donors (Lipinski definition) is 3. The molecule has 0 atom stereocenters. The molecule has 0 fully saturated rings. The molecule has 0 radical (unpaired) electrons. The number of aryl methyl sites for hydroxylation is 1. The van der Waals surface area contributed by atoms with Crippen LogP contribution in [0.2, 0.25) is 0 Å². The van der Waals surface area contributed by atoms with E-state index in [0.29, 0.717) is 17.8 Å². The van der Waals surface area contributed by atoms with Gasteiger partial charge in [0.1, 0.15) is 5.75 Å². The second-order valence-electron chi connectivity index (χ2n) is 4.42. The molecule has 0 unspecified atom stereocenters.